The maximum atomic E-state index is 12.9. The van der Waals surface area contributed by atoms with Crippen LogP contribution < -0.4 is 20.6 Å². The van der Waals surface area contributed by atoms with Crippen LogP contribution in [0.25, 0.3) is 17.1 Å². The second-order valence-corrected chi connectivity index (χ2v) is 6.85. The predicted molar refractivity (Wildman–Crippen MR) is 120 cm³/mol. The minimum atomic E-state index is -1.08. The molecule has 0 saturated heterocycles. The monoisotopic (exact) mass is 478 g/mol. The first-order valence-electron chi connectivity index (χ1n) is 9.93. The topological polar surface area (TPSA) is 193 Å². The summed E-state index contributed by atoms with van der Waals surface area (Å²) in [5, 5.41) is 27.8. The normalized spacial score (nSPS) is 10.9. The molecule has 0 bridgehead atoms. The molecule has 0 aliphatic carbocycles. The number of nitrogens with zero attached hydrogens (tertiary/aromatic N) is 6. The average molecular weight is 478 g/mol. The molecule has 4 aromatic rings. The molecule has 2 aromatic heterocycles. The van der Waals surface area contributed by atoms with Gasteiger partial charge in [-0.3, -0.25) is 4.79 Å². The molecule has 14 nitrogen and oxygen atoms in total. The van der Waals surface area contributed by atoms with E-state index in [1.54, 1.807) is 48.5 Å². The number of aliphatic carboxylic acids is 1. The summed E-state index contributed by atoms with van der Waals surface area (Å²) >= 11 is 0. The second-order valence-electron chi connectivity index (χ2n) is 6.85. The molecule has 0 fully saturated rings. The Morgan fingerprint density at radius 1 is 1.20 bits per heavy atom. The Balaban J connectivity index is 1.57. The Hall–Kier alpha value is -5.27. The number of benzene rings is 2. The number of nitrogens with two attached hydrogens (primary N) is 1. The maximum absolute atomic E-state index is 12.9. The van der Waals surface area contributed by atoms with E-state index in [1.807, 2.05) is 0 Å². The number of carbonyl (C=O) groups excluding carboxylic acids is 1. The van der Waals surface area contributed by atoms with E-state index < -0.39 is 18.5 Å². The number of carboxylic acids is 1. The van der Waals surface area contributed by atoms with Crippen molar-refractivity contribution in [3.05, 3.63) is 59.8 Å². The number of ether oxygens (including phenoxy) is 2. The van der Waals surface area contributed by atoms with Crippen molar-refractivity contribution in [1.82, 2.24) is 30.7 Å². The van der Waals surface area contributed by atoms with E-state index in [0.717, 1.165) is 0 Å². The Bertz CT molecular complexity index is 1380. The molecule has 4 rings (SSSR count). The first-order valence-corrected chi connectivity index (χ1v) is 9.93. The number of anilines is 1. The summed E-state index contributed by atoms with van der Waals surface area (Å²) in [4.78, 5) is 23.5. The quantitative estimate of drug-likeness (QED) is 0.231. The van der Waals surface area contributed by atoms with Gasteiger partial charge in [-0.1, -0.05) is 17.3 Å². The minimum absolute atomic E-state index is 0.0418. The third-order valence-corrected chi connectivity index (χ3v) is 4.55. The van der Waals surface area contributed by atoms with E-state index >= 15 is 0 Å². The van der Waals surface area contributed by atoms with E-state index in [9.17, 15) is 9.59 Å². The van der Waals surface area contributed by atoms with Gasteiger partial charge >= 0.3 is 5.97 Å². The highest BCUT2D eigenvalue weighted by Gasteiger charge is 2.25. The minimum Gasteiger partial charge on any atom is -0.497 e. The van der Waals surface area contributed by atoms with Gasteiger partial charge in [-0.25, -0.2) is 14.8 Å². The fraction of sp³-hybridized carbons (Fsp3) is 0.0952. The van der Waals surface area contributed by atoms with E-state index in [2.05, 4.69) is 35.8 Å². The molecule has 35 heavy (non-hydrogen) atoms. The molecule has 0 radical (unpaired) electrons. The average Bonchev–Trinajstić information content (AvgIpc) is 3.49. The van der Waals surface area contributed by atoms with Crippen LogP contribution in [-0.2, 0) is 4.79 Å². The van der Waals surface area contributed by atoms with Crippen LogP contribution in [-0.4, -0.2) is 62.2 Å². The van der Waals surface area contributed by atoms with E-state index in [0.29, 0.717) is 22.6 Å². The van der Waals surface area contributed by atoms with Gasteiger partial charge in [-0.05, 0) is 52.3 Å². The zero-order chi connectivity index (χ0) is 24.8. The SMILES string of the molecule is COc1cccc(-c2c(C(=O)N/N=C/c3ccc(OCC(=O)O)cc3)nnn2-c2nonc2N)c1. The highest BCUT2D eigenvalue weighted by molar-refractivity contribution is 5.99. The summed E-state index contributed by atoms with van der Waals surface area (Å²) in [7, 11) is 1.52. The number of rotatable bonds is 9. The molecule has 2 aromatic carbocycles. The fourth-order valence-electron chi connectivity index (χ4n) is 2.96. The molecule has 0 aliphatic heterocycles. The number of carboxylic acid groups (broad SMARTS) is 1. The van der Waals surface area contributed by atoms with Crippen molar-refractivity contribution in [2.24, 2.45) is 5.10 Å². The molecule has 0 saturated carbocycles. The molecule has 0 spiro atoms. The second kappa shape index (κ2) is 10.1. The number of hydrogen-bond acceptors (Lipinski definition) is 11. The molecule has 0 aliphatic rings. The van der Waals surface area contributed by atoms with Gasteiger partial charge in [0.2, 0.25) is 11.6 Å². The van der Waals surface area contributed by atoms with Crippen molar-refractivity contribution in [3.63, 3.8) is 0 Å². The Morgan fingerprint density at radius 3 is 2.69 bits per heavy atom. The largest absolute Gasteiger partial charge is 0.497 e. The van der Waals surface area contributed by atoms with Crippen molar-refractivity contribution in [2.75, 3.05) is 19.5 Å². The Morgan fingerprint density at radius 2 is 2.00 bits per heavy atom. The number of hydrazone groups is 1. The first-order chi connectivity index (χ1) is 17.0. The molecule has 0 unspecified atom stereocenters. The lowest BCUT2D eigenvalue weighted by molar-refractivity contribution is -0.139. The van der Waals surface area contributed by atoms with Gasteiger partial charge in [0, 0.05) is 5.56 Å². The molecular weight excluding hydrogens is 460 g/mol. The number of methoxy groups -OCH3 is 1. The molecule has 0 atom stereocenters. The summed E-state index contributed by atoms with van der Waals surface area (Å²) in [6, 6.07) is 13.3. The van der Waals surface area contributed by atoms with Crippen LogP contribution in [0.5, 0.6) is 11.5 Å². The smallest absolute Gasteiger partial charge is 0.341 e. The Kier molecular flexibility index (Phi) is 6.62. The summed E-state index contributed by atoms with van der Waals surface area (Å²) in [6.07, 6.45) is 1.40. The van der Waals surface area contributed by atoms with Crippen LogP contribution in [0.4, 0.5) is 5.82 Å². The summed E-state index contributed by atoms with van der Waals surface area (Å²) in [6.45, 7) is -0.449. The van der Waals surface area contributed by atoms with E-state index in [1.165, 1.54) is 18.0 Å². The number of aromatic nitrogens is 5. The zero-order valence-electron chi connectivity index (χ0n) is 18.2. The van der Waals surface area contributed by atoms with Crippen LogP contribution >= 0.6 is 0 Å². The highest BCUT2D eigenvalue weighted by atomic mass is 16.6. The lowest BCUT2D eigenvalue weighted by Gasteiger charge is -2.07. The fourth-order valence-corrected chi connectivity index (χ4v) is 2.96. The summed E-state index contributed by atoms with van der Waals surface area (Å²) in [5.41, 5.74) is 9.58. The third kappa shape index (κ3) is 5.22. The highest BCUT2D eigenvalue weighted by Crippen LogP contribution is 2.29. The van der Waals surface area contributed by atoms with Crippen molar-refractivity contribution >= 4 is 23.9 Å². The number of nitrogen functional groups attached to an aromatic ring is 1. The van der Waals surface area contributed by atoms with Gasteiger partial charge in [0.25, 0.3) is 5.91 Å². The van der Waals surface area contributed by atoms with E-state index in [4.69, 9.17) is 20.3 Å². The predicted octanol–water partition coefficient (Wildman–Crippen LogP) is 1.14. The lowest BCUT2D eigenvalue weighted by Crippen LogP contribution is -2.19. The van der Waals surface area contributed by atoms with E-state index in [-0.39, 0.29) is 23.0 Å². The maximum Gasteiger partial charge on any atom is 0.341 e. The van der Waals surface area contributed by atoms with Gasteiger partial charge in [0.1, 0.15) is 17.2 Å². The zero-order valence-corrected chi connectivity index (χ0v) is 18.2. The van der Waals surface area contributed by atoms with Crippen LogP contribution in [0.1, 0.15) is 16.1 Å². The van der Waals surface area contributed by atoms with Gasteiger partial charge in [0.15, 0.2) is 12.3 Å². The van der Waals surface area contributed by atoms with Crippen LogP contribution in [0, 0.1) is 0 Å². The number of nitrogens with one attached hydrogen (secondary N) is 1. The molecule has 178 valence electrons. The Labute approximate surface area is 196 Å². The molecule has 2 heterocycles. The number of amides is 1. The first kappa shape index (κ1) is 22.9. The molecular formula is C21H18N8O6. The van der Waals surface area contributed by atoms with Gasteiger partial charge < -0.3 is 20.3 Å². The van der Waals surface area contributed by atoms with Crippen LogP contribution in [0.3, 0.4) is 0 Å². The third-order valence-electron chi connectivity index (χ3n) is 4.55. The van der Waals surface area contributed by atoms with Gasteiger partial charge in [-0.15, -0.1) is 5.10 Å². The van der Waals surface area contributed by atoms with Crippen molar-refractivity contribution in [3.8, 4) is 28.6 Å². The molecule has 1 amide bonds. The van der Waals surface area contributed by atoms with Crippen molar-refractivity contribution in [1.29, 1.82) is 0 Å². The van der Waals surface area contributed by atoms with Crippen molar-refractivity contribution in [2.45, 2.75) is 0 Å². The molecule has 14 heteroatoms. The van der Waals surface area contributed by atoms with Crippen molar-refractivity contribution < 1.29 is 28.8 Å². The van der Waals surface area contributed by atoms with Crippen LogP contribution in [0.2, 0.25) is 0 Å². The van der Waals surface area contributed by atoms with Gasteiger partial charge in [0.05, 0.1) is 13.3 Å². The molecule has 4 N–H and O–H groups in total. The van der Waals surface area contributed by atoms with Crippen LogP contribution in [0.15, 0.2) is 58.3 Å². The summed E-state index contributed by atoms with van der Waals surface area (Å²) < 4.78 is 16.2. The van der Waals surface area contributed by atoms with Gasteiger partial charge in [-0.2, -0.15) is 9.78 Å². The lowest BCUT2D eigenvalue weighted by atomic mass is 10.1. The number of hydrogen-bond donors (Lipinski definition) is 3. The number of carbonyl (C=O) groups is 2. The summed E-state index contributed by atoms with van der Waals surface area (Å²) in [5.74, 6) is -0.785. The standard InChI is InChI=1S/C21H18N8O6/c1-33-15-4-2-3-13(9-15)18-17(24-28-29(18)20-19(22)26-35-27-20)21(32)25-23-10-12-5-7-14(8-6-12)34-11-16(30)31/h2-10H,11H2,1H3,(H2,22,26)(H,25,32)(H,30,31)/b23-10+.